The number of fused-ring (bicyclic) bond motifs is 1. The van der Waals surface area contributed by atoms with Crippen molar-refractivity contribution in [1.82, 2.24) is 9.55 Å². The van der Waals surface area contributed by atoms with Gasteiger partial charge >= 0.3 is 0 Å². The maximum absolute atomic E-state index is 13.3. The molecule has 0 fully saturated rings. The van der Waals surface area contributed by atoms with Crippen LogP contribution in [-0.4, -0.2) is 16.6 Å². The second-order valence-electron chi connectivity index (χ2n) is 7.53. The Bertz CT molecular complexity index is 1220. The fraction of sp³-hybridized carbons (Fsp3) is 0.208. The standard InChI is InChI=1S/C24H22Cl2FN3/c1-15-16(2)30(13-17-4-9-21(25)22(26)12-17)24-20(15)10-11-28-23(24)14-29(3)19-7-5-18(27)6-8-19/h4-12H,13-14H2,1-3H3. The number of hydrogen-bond donors (Lipinski definition) is 0. The van der Waals surface area contributed by atoms with Gasteiger partial charge in [-0.25, -0.2) is 4.39 Å². The summed E-state index contributed by atoms with van der Waals surface area (Å²) in [5.41, 5.74) is 6.51. The minimum atomic E-state index is -0.242. The molecule has 4 aromatic rings. The van der Waals surface area contributed by atoms with E-state index in [4.69, 9.17) is 28.2 Å². The zero-order chi connectivity index (χ0) is 21.4. The van der Waals surface area contributed by atoms with Gasteiger partial charge in [-0.3, -0.25) is 4.98 Å². The smallest absolute Gasteiger partial charge is 0.123 e. The normalized spacial score (nSPS) is 11.3. The lowest BCUT2D eigenvalue weighted by molar-refractivity contribution is 0.627. The molecule has 2 aromatic heterocycles. The van der Waals surface area contributed by atoms with E-state index in [0.717, 1.165) is 22.5 Å². The van der Waals surface area contributed by atoms with Gasteiger partial charge in [-0.2, -0.15) is 0 Å². The van der Waals surface area contributed by atoms with Crippen molar-refractivity contribution in [3.63, 3.8) is 0 Å². The minimum absolute atomic E-state index is 0.242. The summed E-state index contributed by atoms with van der Waals surface area (Å²) in [6.07, 6.45) is 1.85. The first-order chi connectivity index (χ1) is 14.3. The molecule has 0 radical (unpaired) electrons. The maximum Gasteiger partial charge on any atom is 0.123 e. The number of anilines is 1. The van der Waals surface area contributed by atoms with Gasteiger partial charge in [0.2, 0.25) is 0 Å². The molecule has 0 saturated carbocycles. The number of aryl methyl sites for hydroxylation is 1. The highest BCUT2D eigenvalue weighted by atomic mass is 35.5. The summed E-state index contributed by atoms with van der Waals surface area (Å²) in [6.45, 7) is 5.54. The molecule has 0 unspecified atom stereocenters. The number of nitrogens with zero attached hydrogens (tertiary/aromatic N) is 3. The monoisotopic (exact) mass is 441 g/mol. The Kier molecular flexibility index (Phi) is 5.72. The lowest BCUT2D eigenvalue weighted by Crippen LogP contribution is -2.18. The van der Waals surface area contributed by atoms with Crippen LogP contribution in [0, 0.1) is 19.7 Å². The highest BCUT2D eigenvalue weighted by molar-refractivity contribution is 6.42. The lowest BCUT2D eigenvalue weighted by Gasteiger charge is -2.20. The van der Waals surface area contributed by atoms with E-state index in [1.165, 1.54) is 28.8 Å². The van der Waals surface area contributed by atoms with Crippen molar-refractivity contribution in [2.75, 3.05) is 11.9 Å². The van der Waals surface area contributed by atoms with E-state index in [-0.39, 0.29) is 5.82 Å². The molecule has 0 atom stereocenters. The second kappa shape index (κ2) is 8.29. The van der Waals surface area contributed by atoms with E-state index in [0.29, 0.717) is 23.1 Å². The molecule has 6 heteroatoms. The molecular weight excluding hydrogens is 420 g/mol. The average Bonchev–Trinajstić information content (AvgIpc) is 2.97. The Hall–Kier alpha value is -2.56. The van der Waals surface area contributed by atoms with Gasteiger partial charge in [-0.1, -0.05) is 29.3 Å². The van der Waals surface area contributed by atoms with E-state index in [9.17, 15) is 4.39 Å². The van der Waals surface area contributed by atoms with Gasteiger partial charge in [0.25, 0.3) is 0 Å². The molecular formula is C24H22Cl2FN3. The number of benzene rings is 2. The summed E-state index contributed by atoms with van der Waals surface area (Å²) < 4.78 is 15.6. The molecule has 3 nitrogen and oxygen atoms in total. The molecule has 4 rings (SSSR count). The van der Waals surface area contributed by atoms with Crippen LogP contribution in [0.1, 0.15) is 22.5 Å². The van der Waals surface area contributed by atoms with Crippen LogP contribution in [0.3, 0.4) is 0 Å². The van der Waals surface area contributed by atoms with E-state index in [2.05, 4.69) is 29.4 Å². The van der Waals surface area contributed by atoms with Crippen molar-refractivity contribution in [2.45, 2.75) is 26.9 Å². The number of aromatic nitrogens is 2. The van der Waals surface area contributed by atoms with Crippen LogP contribution in [0.5, 0.6) is 0 Å². The maximum atomic E-state index is 13.3. The SMILES string of the molecule is Cc1c(C)n(Cc2ccc(Cl)c(Cl)c2)c2c(CN(C)c3ccc(F)cc3)nccc12. The van der Waals surface area contributed by atoms with Crippen LogP contribution >= 0.6 is 23.2 Å². The Morgan fingerprint density at radius 2 is 1.73 bits per heavy atom. The molecule has 0 N–H and O–H groups in total. The largest absolute Gasteiger partial charge is 0.369 e. The van der Waals surface area contributed by atoms with E-state index < -0.39 is 0 Å². The summed E-state index contributed by atoms with van der Waals surface area (Å²) >= 11 is 12.3. The second-order valence-corrected chi connectivity index (χ2v) is 8.35. The number of halogens is 3. The van der Waals surface area contributed by atoms with Crippen LogP contribution < -0.4 is 4.90 Å². The number of hydrogen-bond acceptors (Lipinski definition) is 2. The third kappa shape index (κ3) is 3.90. The molecule has 2 heterocycles. The van der Waals surface area contributed by atoms with Crippen molar-refractivity contribution in [3.8, 4) is 0 Å². The fourth-order valence-corrected chi connectivity index (χ4v) is 4.13. The molecule has 2 aromatic carbocycles. The summed E-state index contributed by atoms with van der Waals surface area (Å²) in [5, 5.41) is 2.29. The van der Waals surface area contributed by atoms with E-state index in [1.54, 1.807) is 12.1 Å². The first kappa shape index (κ1) is 20.7. The van der Waals surface area contributed by atoms with Crippen LogP contribution in [-0.2, 0) is 13.1 Å². The van der Waals surface area contributed by atoms with Gasteiger partial charge in [0.05, 0.1) is 27.8 Å². The molecule has 0 aliphatic rings. The van der Waals surface area contributed by atoms with Gasteiger partial charge in [0.1, 0.15) is 5.82 Å². The molecule has 0 aliphatic carbocycles. The quantitative estimate of drug-likeness (QED) is 0.340. The van der Waals surface area contributed by atoms with Gasteiger partial charge in [0, 0.05) is 36.6 Å². The van der Waals surface area contributed by atoms with E-state index in [1.807, 2.05) is 31.4 Å². The summed E-state index contributed by atoms with van der Waals surface area (Å²) in [4.78, 5) is 6.77. The molecule has 0 bridgehead atoms. The Morgan fingerprint density at radius 3 is 2.43 bits per heavy atom. The predicted octanol–water partition coefficient (Wildman–Crippen LogP) is 6.78. The van der Waals surface area contributed by atoms with Crippen molar-refractivity contribution in [2.24, 2.45) is 0 Å². The van der Waals surface area contributed by atoms with Gasteiger partial charge < -0.3 is 9.47 Å². The first-order valence-electron chi connectivity index (χ1n) is 9.69. The fourth-order valence-electron chi connectivity index (χ4n) is 3.81. The number of pyridine rings is 1. The lowest BCUT2D eigenvalue weighted by atomic mass is 10.1. The third-order valence-electron chi connectivity index (χ3n) is 5.60. The van der Waals surface area contributed by atoms with Gasteiger partial charge in [-0.15, -0.1) is 0 Å². The van der Waals surface area contributed by atoms with Crippen LogP contribution in [0.15, 0.2) is 54.7 Å². The van der Waals surface area contributed by atoms with Crippen molar-refractivity contribution in [3.05, 3.63) is 93.1 Å². The molecule has 0 spiro atoms. The highest BCUT2D eigenvalue weighted by Crippen LogP contribution is 2.30. The van der Waals surface area contributed by atoms with Gasteiger partial charge in [0.15, 0.2) is 0 Å². The minimum Gasteiger partial charge on any atom is -0.369 e. The topological polar surface area (TPSA) is 21.1 Å². The van der Waals surface area contributed by atoms with Crippen LogP contribution in [0.25, 0.3) is 10.9 Å². The van der Waals surface area contributed by atoms with Crippen LogP contribution in [0.4, 0.5) is 10.1 Å². The van der Waals surface area contributed by atoms with Gasteiger partial charge in [-0.05, 0) is 67.4 Å². The molecule has 30 heavy (non-hydrogen) atoms. The number of rotatable bonds is 5. The van der Waals surface area contributed by atoms with Crippen molar-refractivity contribution in [1.29, 1.82) is 0 Å². The average molecular weight is 442 g/mol. The molecule has 0 aliphatic heterocycles. The Morgan fingerprint density at radius 1 is 1.00 bits per heavy atom. The highest BCUT2D eigenvalue weighted by Gasteiger charge is 2.17. The van der Waals surface area contributed by atoms with Crippen molar-refractivity contribution < 1.29 is 4.39 Å². The first-order valence-corrected chi connectivity index (χ1v) is 10.4. The third-order valence-corrected chi connectivity index (χ3v) is 6.34. The molecule has 0 saturated heterocycles. The van der Waals surface area contributed by atoms with E-state index >= 15 is 0 Å². The molecule has 0 amide bonds. The zero-order valence-corrected chi connectivity index (χ0v) is 18.6. The Balaban J connectivity index is 1.76. The van der Waals surface area contributed by atoms with Crippen molar-refractivity contribution >= 4 is 39.8 Å². The summed E-state index contributed by atoms with van der Waals surface area (Å²) in [6, 6.07) is 14.3. The summed E-state index contributed by atoms with van der Waals surface area (Å²) in [5.74, 6) is -0.242. The molecule has 154 valence electrons. The Labute approximate surface area is 185 Å². The van der Waals surface area contributed by atoms with Crippen LogP contribution in [0.2, 0.25) is 10.0 Å². The summed E-state index contributed by atoms with van der Waals surface area (Å²) in [7, 11) is 1.99. The zero-order valence-electron chi connectivity index (χ0n) is 17.1. The predicted molar refractivity (Wildman–Crippen MR) is 123 cm³/mol.